The molecule has 0 atom stereocenters. The number of allylic oxidation sites excluding steroid dienone is 4. The first-order chi connectivity index (χ1) is 4.93. The zero-order chi connectivity index (χ0) is 7.23. The smallest absolute Gasteiger partial charge is 0.119 e. The molecule has 1 aliphatic rings. The largest absolute Gasteiger partial charge is 0.490 e. The Hall–Kier alpha value is -0.980. The molecule has 0 aromatic rings. The molecule has 0 amide bonds. The first kappa shape index (κ1) is 7.13. The molecule has 0 fully saturated rings. The van der Waals surface area contributed by atoms with Crippen molar-refractivity contribution >= 4 is 0 Å². The van der Waals surface area contributed by atoms with Crippen LogP contribution in [0.5, 0.6) is 0 Å². The lowest BCUT2D eigenvalue weighted by Crippen LogP contribution is -1.92. The van der Waals surface area contributed by atoms with Gasteiger partial charge in [-0.15, -0.1) is 0 Å². The molecule has 0 spiro atoms. The molecule has 1 aliphatic heterocycles. The van der Waals surface area contributed by atoms with Gasteiger partial charge in [-0.3, -0.25) is 0 Å². The quantitative estimate of drug-likeness (QED) is 0.566. The first-order valence-corrected chi connectivity index (χ1v) is 3.59. The monoisotopic (exact) mass is 136 g/mol. The Morgan fingerprint density at radius 3 is 3.20 bits per heavy atom. The van der Waals surface area contributed by atoms with Gasteiger partial charge in [0.1, 0.15) is 12.4 Å². The second kappa shape index (κ2) is 3.94. The number of ether oxygens (including phenoxy) is 1. The molecule has 1 nitrogen and oxygen atoms in total. The zero-order valence-electron chi connectivity index (χ0n) is 6.21. The van der Waals surface area contributed by atoms with E-state index < -0.39 is 0 Å². The summed E-state index contributed by atoms with van der Waals surface area (Å²) in [5.41, 5.74) is 0. The van der Waals surface area contributed by atoms with Crippen molar-refractivity contribution in [2.45, 2.75) is 13.3 Å². The van der Waals surface area contributed by atoms with Gasteiger partial charge in [0.2, 0.25) is 0 Å². The number of hydrogen-bond donors (Lipinski definition) is 0. The van der Waals surface area contributed by atoms with Gasteiger partial charge in [0.15, 0.2) is 0 Å². The summed E-state index contributed by atoms with van der Waals surface area (Å²) in [5.74, 6) is 0.962. The third kappa shape index (κ3) is 2.09. The average molecular weight is 136 g/mol. The molecule has 0 radical (unpaired) electrons. The first-order valence-electron chi connectivity index (χ1n) is 3.59. The fourth-order valence-electron chi connectivity index (χ4n) is 0.749. The highest BCUT2D eigenvalue weighted by atomic mass is 16.5. The van der Waals surface area contributed by atoms with E-state index in [4.69, 9.17) is 4.74 Å². The van der Waals surface area contributed by atoms with Crippen LogP contribution in [0.3, 0.4) is 0 Å². The van der Waals surface area contributed by atoms with Gasteiger partial charge in [0.25, 0.3) is 0 Å². The normalized spacial score (nSPS) is 17.1. The van der Waals surface area contributed by atoms with E-state index in [9.17, 15) is 0 Å². The molecule has 1 heteroatoms. The summed E-state index contributed by atoms with van der Waals surface area (Å²) in [6.07, 6.45) is 11.1. The van der Waals surface area contributed by atoms with Crippen molar-refractivity contribution < 1.29 is 4.74 Å². The molecular weight excluding hydrogens is 124 g/mol. The van der Waals surface area contributed by atoms with E-state index in [1.807, 2.05) is 24.3 Å². The molecule has 0 bridgehead atoms. The molecule has 0 saturated carbocycles. The van der Waals surface area contributed by atoms with Crippen molar-refractivity contribution in [3.63, 3.8) is 0 Å². The minimum absolute atomic E-state index is 0.708. The van der Waals surface area contributed by atoms with Gasteiger partial charge in [-0.2, -0.15) is 0 Å². The lowest BCUT2D eigenvalue weighted by atomic mass is 10.3. The summed E-state index contributed by atoms with van der Waals surface area (Å²) in [4.78, 5) is 0. The van der Waals surface area contributed by atoms with E-state index in [0.29, 0.717) is 6.61 Å². The van der Waals surface area contributed by atoms with E-state index in [2.05, 4.69) is 13.0 Å². The second-order valence-corrected chi connectivity index (χ2v) is 2.12. The van der Waals surface area contributed by atoms with E-state index in [0.717, 1.165) is 12.2 Å². The van der Waals surface area contributed by atoms with Crippen LogP contribution in [0.25, 0.3) is 0 Å². The van der Waals surface area contributed by atoms with Crippen molar-refractivity contribution in [1.29, 1.82) is 0 Å². The Balaban J connectivity index is 2.47. The van der Waals surface area contributed by atoms with Crippen molar-refractivity contribution in [3.8, 4) is 0 Å². The SMILES string of the molecule is CC/C=C/C1=CC=CCO1. The maximum atomic E-state index is 5.27. The highest BCUT2D eigenvalue weighted by Crippen LogP contribution is 2.05. The summed E-state index contributed by atoms with van der Waals surface area (Å²) in [6.45, 7) is 2.82. The topological polar surface area (TPSA) is 9.23 Å². The Bertz CT molecular complexity index is 175. The predicted molar refractivity (Wildman–Crippen MR) is 42.6 cm³/mol. The van der Waals surface area contributed by atoms with E-state index >= 15 is 0 Å². The standard InChI is InChI=1S/C9H12O/c1-2-3-6-9-7-4-5-8-10-9/h3-7H,2,8H2,1H3/b6-3+. The van der Waals surface area contributed by atoms with Crippen LogP contribution in [-0.4, -0.2) is 6.61 Å². The van der Waals surface area contributed by atoms with Gasteiger partial charge in [0, 0.05) is 0 Å². The van der Waals surface area contributed by atoms with Crippen LogP contribution in [-0.2, 0) is 4.74 Å². The molecule has 54 valence electrons. The third-order valence-corrected chi connectivity index (χ3v) is 1.26. The van der Waals surface area contributed by atoms with Gasteiger partial charge in [-0.1, -0.05) is 19.1 Å². The number of rotatable bonds is 2. The molecule has 0 aromatic carbocycles. The molecule has 1 rings (SSSR count). The molecule has 0 unspecified atom stereocenters. The molecule has 0 aliphatic carbocycles. The van der Waals surface area contributed by atoms with Gasteiger partial charge in [0.05, 0.1) is 0 Å². The maximum Gasteiger partial charge on any atom is 0.119 e. The van der Waals surface area contributed by atoms with Gasteiger partial charge in [-0.25, -0.2) is 0 Å². The Morgan fingerprint density at radius 1 is 1.70 bits per heavy atom. The molecule has 0 saturated heterocycles. The van der Waals surface area contributed by atoms with Gasteiger partial charge >= 0.3 is 0 Å². The minimum Gasteiger partial charge on any atom is -0.490 e. The van der Waals surface area contributed by atoms with Crippen molar-refractivity contribution in [1.82, 2.24) is 0 Å². The molecule has 1 heterocycles. The summed E-state index contributed by atoms with van der Waals surface area (Å²) >= 11 is 0. The molecular formula is C9H12O. The van der Waals surface area contributed by atoms with Crippen LogP contribution in [0.15, 0.2) is 36.1 Å². The zero-order valence-corrected chi connectivity index (χ0v) is 6.21. The van der Waals surface area contributed by atoms with Crippen LogP contribution in [0.2, 0.25) is 0 Å². The van der Waals surface area contributed by atoms with Crippen molar-refractivity contribution in [2.75, 3.05) is 6.61 Å². The maximum absolute atomic E-state index is 5.27. The minimum atomic E-state index is 0.708. The van der Waals surface area contributed by atoms with Crippen LogP contribution >= 0.6 is 0 Å². The number of hydrogen-bond acceptors (Lipinski definition) is 1. The molecule has 10 heavy (non-hydrogen) atoms. The van der Waals surface area contributed by atoms with E-state index in [1.165, 1.54) is 0 Å². The Labute approximate surface area is 61.7 Å². The summed E-state index contributed by atoms with van der Waals surface area (Å²) in [6, 6.07) is 0. The van der Waals surface area contributed by atoms with Crippen LogP contribution < -0.4 is 0 Å². The highest BCUT2D eigenvalue weighted by molar-refractivity contribution is 5.21. The van der Waals surface area contributed by atoms with Gasteiger partial charge in [-0.05, 0) is 24.6 Å². The predicted octanol–water partition coefficient (Wildman–Crippen LogP) is 2.42. The highest BCUT2D eigenvalue weighted by Gasteiger charge is 1.92. The van der Waals surface area contributed by atoms with E-state index in [1.54, 1.807) is 0 Å². The van der Waals surface area contributed by atoms with Crippen molar-refractivity contribution in [2.24, 2.45) is 0 Å². The lowest BCUT2D eigenvalue weighted by molar-refractivity contribution is 0.257. The fraction of sp³-hybridized carbons (Fsp3) is 0.333. The van der Waals surface area contributed by atoms with Crippen LogP contribution in [0, 0.1) is 0 Å². The average Bonchev–Trinajstić information content (AvgIpc) is 2.03. The van der Waals surface area contributed by atoms with Crippen LogP contribution in [0.1, 0.15) is 13.3 Å². The fourth-order valence-corrected chi connectivity index (χ4v) is 0.749. The lowest BCUT2D eigenvalue weighted by Gasteiger charge is -2.05. The summed E-state index contributed by atoms with van der Waals surface area (Å²) in [5, 5.41) is 0. The Morgan fingerprint density at radius 2 is 2.60 bits per heavy atom. The van der Waals surface area contributed by atoms with Crippen molar-refractivity contribution in [3.05, 3.63) is 36.1 Å². The van der Waals surface area contributed by atoms with Crippen LogP contribution in [0.4, 0.5) is 0 Å². The second-order valence-electron chi connectivity index (χ2n) is 2.12. The molecule has 0 N–H and O–H groups in total. The molecule has 0 aromatic heterocycles. The summed E-state index contributed by atoms with van der Waals surface area (Å²) < 4.78 is 5.27. The Kier molecular flexibility index (Phi) is 2.81. The third-order valence-electron chi connectivity index (χ3n) is 1.26. The summed E-state index contributed by atoms with van der Waals surface area (Å²) in [7, 11) is 0. The van der Waals surface area contributed by atoms with Gasteiger partial charge < -0.3 is 4.74 Å². The van der Waals surface area contributed by atoms with E-state index in [-0.39, 0.29) is 0 Å².